The summed E-state index contributed by atoms with van der Waals surface area (Å²) in [4.78, 5) is 28.7. The van der Waals surface area contributed by atoms with E-state index in [2.05, 4.69) is 10.1 Å². The maximum absolute atomic E-state index is 12.9. The molecule has 1 atom stereocenters. The Kier molecular flexibility index (Phi) is 3.73. The fourth-order valence-electron chi connectivity index (χ4n) is 3.31. The number of aromatic amines is 1. The fraction of sp³-hybridized carbons (Fsp3) is 0.211. The summed E-state index contributed by atoms with van der Waals surface area (Å²) in [7, 11) is 0. The number of fused-ring (bicyclic) bond motifs is 2. The molecule has 4 rings (SSSR count). The lowest BCUT2D eigenvalue weighted by Gasteiger charge is -2.26. The van der Waals surface area contributed by atoms with Gasteiger partial charge in [-0.25, -0.2) is 4.68 Å². The second-order valence-corrected chi connectivity index (χ2v) is 7.26. The molecule has 6 nitrogen and oxygen atoms in total. The molecule has 3 aromatic rings. The summed E-state index contributed by atoms with van der Waals surface area (Å²) in [5, 5.41) is 15.0. The minimum atomic E-state index is -0.528. The normalized spacial score (nSPS) is 19.5. The van der Waals surface area contributed by atoms with Crippen molar-refractivity contribution in [3.8, 4) is 5.88 Å². The van der Waals surface area contributed by atoms with E-state index in [1.54, 1.807) is 18.2 Å². The first-order valence-corrected chi connectivity index (χ1v) is 8.55. The number of nitrogens with one attached hydrogen (secondary N) is 1. The van der Waals surface area contributed by atoms with Crippen molar-refractivity contribution in [2.24, 2.45) is 5.41 Å². The zero-order chi connectivity index (χ0) is 18.5. The van der Waals surface area contributed by atoms with Crippen molar-refractivity contribution < 1.29 is 5.11 Å². The number of aromatic nitrogens is 3. The van der Waals surface area contributed by atoms with Crippen molar-refractivity contribution in [3.05, 3.63) is 68.1 Å². The molecule has 2 N–H and O–H groups in total. The zero-order valence-electron chi connectivity index (χ0n) is 14.0. The van der Waals surface area contributed by atoms with Gasteiger partial charge in [-0.3, -0.25) is 9.59 Å². The van der Waals surface area contributed by atoms with Crippen LogP contribution < -0.4 is 11.0 Å². The summed E-state index contributed by atoms with van der Waals surface area (Å²) in [6, 6.07) is 4.72. The summed E-state index contributed by atoms with van der Waals surface area (Å²) >= 11 is 5.96. The summed E-state index contributed by atoms with van der Waals surface area (Å²) in [6.45, 7) is 2.25. The highest BCUT2D eigenvalue weighted by Gasteiger charge is 2.25. The first-order chi connectivity index (χ1) is 12.4. The van der Waals surface area contributed by atoms with Crippen molar-refractivity contribution in [2.75, 3.05) is 0 Å². The van der Waals surface area contributed by atoms with Crippen LogP contribution in [-0.2, 0) is 6.54 Å². The van der Waals surface area contributed by atoms with Gasteiger partial charge >= 0.3 is 0 Å². The Bertz CT molecular complexity index is 1220. The maximum atomic E-state index is 12.9. The monoisotopic (exact) mass is 369 g/mol. The van der Waals surface area contributed by atoms with Crippen LogP contribution in [0.5, 0.6) is 5.88 Å². The van der Waals surface area contributed by atoms with E-state index in [9.17, 15) is 14.7 Å². The average molecular weight is 370 g/mol. The first kappa shape index (κ1) is 16.6. The van der Waals surface area contributed by atoms with Crippen LogP contribution in [0.2, 0.25) is 5.02 Å². The highest BCUT2D eigenvalue weighted by molar-refractivity contribution is 6.31. The van der Waals surface area contributed by atoms with E-state index < -0.39 is 16.9 Å². The van der Waals surface area contributed by atoms with Gasteiger partial charge < -0.3 is 10.1 Å². The van der Waals surface area contributed by atoms with Crippen molar-refractivity contribution >= 4 is 33.4 Å². The summed E-state index contributed by atoms with van der Waals surface area (Å²) in [5.41, 5.74) is -0.832. The SMILES string of the molecule is CC1(Cn2nc(O)c3[nH]c4cc(Cl)ccc4c(=O)c3c2=O)C=CC=CC1. The van der Waals surface area contributed by atoms with Gasteiger partial charge in [-0.05, 0) is 24.6 Å². The van der Waals surface area contributed by atoms with Crippen LogP contribution in [0.4, 0.5) is 0 Å². The Morgan fingerprint density at radius 3 is 2.88 bits per heavy atom. The molecule has 0 amide bonds. The van der Waals surface area contributed by atoms with E-state index in [4.69, 9.17) is 11.6 Å². The van der Waals surface area contributed by atoms with E-state index in [-0.39, 0.29) is 22.9 Å². The summed E-state index contributed by atoms with van der Waals surface area (Å²) < 4.78 is 1.16. The molecule has 26 heavy (non-hydrogen) atoms. The van der Waals surface area contributed by atoms with E-state index in [1.165, 1.54) is 0 Å². The van der Waals surface area contributed by atoms with Crippen molar-refractivity contribution in [3.63, 3.8) is 0 Å². The second-order valence-electron chi connectivity index (χ2n) is 6.83. The topological polar surface area (TPSA) is 88.0 Å². The molecule has 1 aliphatic rings. The number of nitrogens with zero attached hydrogens (tertiary/aromatic N) is 2. The molecule has 0 spiro atoms. The maximum Gasteiger partial charge on any atom is 0.280 e. The van der Waals surface area contributed by atoms with Crippen LogP contribution in [-0.4, -0.2) is 19.9 Å². The average Bonchev–Trinajstić information content (AvgIpc) is 2.59. The van der Waals surface area contributed by atoms with Gasteiger partial charge in [-0.15, -0.1) is 5.10 Å². The smallest absolute Gasteiger partial charge is 0.280 e. The summed E-state index contributed by atoms with van der Waals surface area (Å²) in [5.74, 6) is -0.391. The van der Waals surface area contributed by atoms with Crippen LogP contribution in [0, 0.1) is 5.41 Å². The standard InChI is InChI=1S/C19H16ClN3O3/c1-19(7-3-2-4-8-19)10-23-18(26)14-15(17(25)22-23)21-13-9-11(20)5-6-12(13)16(14)24/h2-7,9H,8,10H2,1H3,(H,21,24)(H,22,25). The minimum absolute atomic E-state index is 0.0234. The Hall–Kier alpha value is -2.86. The Morgan fingerprint density at radius 2 is 2.15 bits per heavy atom. The number of allylic oxidation sites excluding steroid dienone is 4. The largest absolute Gasteiger partial charge is 0.491 e. The molecule has 0 aliphatic heterocycles. The number of halogens is 1. The van der Waals surface area contributed by atoms with Crippen LogP contribution >= 0.6 is 11.6 Å². The number of rotatable bonds is 2. The third-order valence-electron chi connectivity index (χ3n) is 4.69. The van der Waals surface area contributed by atoms with Crippen LogP contribution in [0.15, 0.2) is 52.1 Å². The molecule has 1 aliphatic carbocycles. The molecule has 132 valence electrons. The third-order valence-corrected chi connectivity index (χ3v) is 4.93. The quantitative estimate of drug-likeness (QED) is 0.679. The van der Waals surface area contributed by atoms with Gasteiger partial charge in [0.15, 0.2) is 0 Å². The van der Waals surface area contributed by atoms with Crippen molar-refractivity contribution in [1.29, 1.82) is 0 Å². The number of H-pyrrole nitrogens is 1. The van der Waals surface area contributed by atoms with Gasteiger partial charge in [0, 0.05) is 15.8 Å². The van der Waals surface area contributed by atoms with Gasteiger partial charge in [-0.1, -0.05) is 42.8 Å². The number of benzene rings is 1. The number of pyridine rings is 1. The lowest BCUT2D eigenvalue weighted by molar-refractivity contribution is 0.319. The molecule has 2 heterocycles. The highest BCUT2D eigenvalue weighted by atomic mass is 35.5. The lowest BCUT2D eigenvalue weighted by atomic mass is 9.84. The van der Waals surface area contributed by atoms with Crippen molar-refractivity contribution in [1.82, 2.24) is 14.8 Å². The van der Waals surface area contributed by atoms with Gasteiger partial charge in [-0.2, -0.15) is 0 Å². The molecule has 7 heteroatoms. The van der Waals surface area contributed by atoms with Gasteiger partial charge in [0.2, 0.25) is 5.43 Å². The number of hydrogen-bond acceptors (Lipinski definition) is 4. The Morgan fingerprint density at radius 1 is 1.35 bits per heavy atom. The molecular weight excluding hydrogens is 354 g/mol. The Labute approximate surface area is 153 Å². The predicted molar refractivity (Wildman–Crippen MR) is 102 cm³/mol. The molecule has 0 radical (unpaired) electrons. The number of aromatic hydroxyl groups is 1. The molecule has 2 aromatic heterocycles. The van der Waals surface area contributed by atoms with E-state index in [0.29, 0.717) is 15.9 Å². The second kappa shape index (κ2) is 5.85. The molecule has 0 fully saturated rings. The molecular formula is C19H16ClN3O3. The van der Waals surface area contributed by atoms with E-state index in [0.717, 1.165) is 11.1 Å². The fourth-order valence-corrected chi connectivity index (χ4v) is 3.48. The molecule has 0 saturated carbocycles. The van der Waals surface area contributed by atoms with Gasteiger partial charge in [0.05, 0.1) is 12.1 Å². The van der Waals surface area contributed by atoms with Gasteiger partial charge in [0.25, 0.3) is 11.4 Å². The van der Waals surface area contributed by atoms with Crippen molar-refractivity contribution in [2.45, 2.75) is 19.9 Å². The molecule has 1 aromatic carbocycles. The van der Waals surface area contributed by atoms with Gasteiger partial charge in [0.1, 0.15) is 10.9 Å². The highest BCUT2D eigenvalue weighted by Crippen LogP contribution is 2.29. The van der Waals surface area contributed by atoms with Crippen LogP contribution in [0.1, 0.15) is 13.3 Å². The zero-order valence-corrected chi connectivity index (χ0v) is 14.7. The van der Waals surface area contributed by atoms with E-state index in [1.807, 2.05) is 31.2 Å². The third kappa shape index (κ3) is 2.63. The van der Waals surface area contributed by atoms with E-state index >= 15 is 0 Å². The number of hydrogen-bond donors (Lipinski definition) is 2. The van der Waals surface area contributed by atoms with Crippen LogP contribution in [0.25, 0.3) is 21.8 Å². The Balaban J connectivity index is 1.98. The molecule has 1 unspecified atom stereocenters. The first-order valence-electron chi connectivity index (χ1n) is 8.18. The predicted octanol–water partition coefficient (Wildman–Crippen LogP) is 3.12. The summed E-state index contributed by atoms with van der Waals surface area (Å²) in [6.07, 6.45) is 8.60. The molecule has 0 bridgehead atoms. The minimum Gasteiger partial charge on any atom is -0.491 e. The van der Waals surface area contributed by atoms with Crippen LogP contribution in [0.3, 0.4) is 0 Å². The lowest BCUT2D eigenvalue weighted by Crippen LogP contribution is -2.33. The molecule has 0 saturated heterocycles.